The van der Waals surface area contributed by atoms with Crippen LogP contribution >= 0.6 is 0 Å². The normalized spacial score (nSPS) is 25.3. The van der Waals surface area contributed by atoms with Crippen LogP contribution in [0.1, 0.15) is 110 Å². The van der Waals surface area contributed by atoms with Gasteiger partial charge >= 0.3 is 0 Å². The van der Waals surface area contributed by atoms with Crippen LogP contribution < -0.4 is 0 Å². The van der Waals surface area contributed by atoms with Crippen LogP contribution in [-0.4, -0.2) is 0 Å². The van der Waals surface area contributed by atoms with Crippen LogP contribution in [0.15, 0.2) is 24.3 Å². The molecule has 3 atom stereocenters. The summed E-state index contributed by atoms with van der Waals surface area (Å²) in [5, 5.41) is 0. The second-order valence-electron chi connectivity index (χ2n) is 8.40. The van der Waals surface area contributed by atoms with Gasteiger partial charge < -0.3 is 0 Å². The summed E-state index contributed by atoms with van der Waals surface area (Å²) in [7, 11) is 0. The van der Waals surface area contributed by atoms with E-state index in [1.807, 2.05) is 0 Å². The highest BCUT2D eigenvalue weighted by Crippen LogP contribution is 2.43. The first kappa shape index (κ1) is 19.8. The molecule has 1 fully saturated rings. The third-order valence-electron chi connectivity index (χ3n) is 6.19. The first-order valence-electron chi connectivity index (χ1n) is 11.2. The molecule has 2 bridgehead atoms. The summed E-state index contributed by atoms with van der Waals surface area (Å²) in [6.45, 7) is 2.30. The molecule has 0 radical (unpaired) electrons. The van der Waals surface area contributed by atoms with Crippen LogP contribution in [0.2, 0.25) is 0 Å². The molecule has 2 aliphatic rings. The van der Waals surface area contributed by atoms with Crippen molar-refractivity contribution in [3.63, 3.8) is 0 Å². The van der Waals surface area contributed by atoms with Gasteiger partial charge in [-0.15, -0.1) is 0 Å². The van der Waals surface area contributed by atoms with Crippen LogP contribution in [0, 0.1) is 17.8 Å². The van der Waals surface area contributed by atoms with Crippen LogP contribution in [0.3, 0.4) is 0 Å². The van der Waals surface area contributed by atoms with Gasteiger partial charge in [0.1, 0.15) is 0 Å². The van der Waals surface area contributed by atoms with E-state index in [-0.39, 0.29) is 0 Å². The molecule has 1 saturated carbocycles. The van der Waals surface area contributed by atoms with Crippen molar-refractivity contribution < 1.29 is 0 Å². The Kier molecular flexibility index (Phi) is 10.5. The third-order valence-corrected chi connectivity index (χ3v) is 6.19. The van der Waals surface area contributed by atoms with E-state index in [1.165, 1.54) is 103 Å². The Hall–Kier alpha value is -0.520. The van der Waals surface area contributed by atoms with Crippen molar-refractivity contribution in [1.29, 1.82) is 0 Å². The minimum absolute atomic E-state index is 0.877. The molecule has 2 aliphatic carbocycles. The maximum Gasteiger partial charge on any atom is -0.0165 e. The van der Waals surface area contributed by atoms with Crippen LogP contribution in [-0.2, 0) is 0 Å². The molecule has 0 aromatic heterocycles. The Morgan fingerprint density at radius 2 is 1.29 bits per heavy atom. The Labute approximate surface area is 152 Å². The minimum Gasteiger partial charge on any atom is -0.0882 e. The lowest BCUT2D eigenvalue weighted by Gasteiger charge is -2.12. The molecule has 24 heavy (non-hydrogen) atoms. The molecule has 3 unspecified atom stereocenters. The van der Waals surface area contributed by atoms with Gasteiger partial charge in [0.15, 0.2) is 0 Å². The Morgan fingerprint density at radius 1 is 0.708 bits per heavy atom. The van der Waals surface area contributed by atoms with Crippen molar-refractivity contribution in [3.8, 4) is 0 Å². The molecular weight excluding hydrogens is 288 g/mol. The number of rotatable bonds is 15. The van der Waals surface area contributed by atoms with Crippen LogP contribution in [0.25, 0.3) is 0 Å². The van der Waals surface area contributed by atoms with Gasteiger partial charge in [0.2, 0.25) is 0 Å². The molecule has 2 rings (SSSR count). The molecule has 0 aliphatic heterocycles. The van der Waals surface area contributed by atoms with E-state index < -0.39 is 0 Å². The average Bonchev–Trinajstić information content (AvgIpc) is 3.21. The van der Waals surface area contributed by atoms with Gasteiger partial charge in [-0.1, -0.05) is 108 Å². The zero-order valence-corrected chi connectivity index (χ0v) is 16.4. The summed E-state index contributed by atoms with van der Waals surface area (Å²) < 4.78 is 0. The number of fused-ring (bicyclic) bond motifs is 2. The molecule has 0 heterocycles. The average molecular weight is 331 g/mol. The molecule has 0 heteroatoms. The largest absolute Gasteiger partial charge is 0.0882 e. The van der Waals surface area contributed by atoms with E-state index >= 15 is 0 Å². The molecule has 0 amide bonds. The summed E-state index contributed by atoms with van der Waals surface area (Å²) >= 11 is 0. The van der Waals surface area contributed by atoms with Gasteiger partial charge in [-0.2, -0.15) is 0 Å². The minimum atomic E-state index is 0.877. The standard InChI is InChI=1S/C24H42/c1-2-3-4-5-6-7-8-9-10-11-12-13-14-15-16-17-23-20-22-18-19-24(23)21-22/h16-19,22-24H,2-15,20-21H2,1H3. The van der Waals surface area contributed by atoms with Gasteiger partial charge in [-0.05, 0) is 43.4 Å². The van der Waals surface area contributed by atoms with Crippen LogP contribution in [0.4, 0.5) is 0 Å². The lowest BCUT2D eigenvalue weighted by Crippen LogP contribution is -2.02. The number of hydrogen-bond donors (Lipinski definition) is 0. The molecular formula is C24H42. The maximum atomic E-state index is 2.54. The Balaban J connectivity index is 1.28. The second kappa shape index (κ2) is 12.8. The van der Waals surface area contributed by atoms with Crippen molar-refractivity contribution in [1.82, 2.24) is 0 Å². The number of unbranched alkanes of at least 4 members (excludes halogenated alkanes) is 13. The van der Waals surface area contributed by atoms with E-state index in [9.17, 15) is 0 Å². The van der Waals surface area contributed by atoms with E-state index in [4.69, 9.17) is 0 Å². The lowest BCUT2D eigenvalue weighted by molar-refractivity contribution is 0.537. The van der Waals surface area contributed by atoms with Gasteiger partial charge in [-0.25, -0.2) is 0 Å². The maximum absolute atomic E-state index is 2.54. The predicted octanol–water partition coefficient (Wildman–Crippen LogP) is 8.24. The molecule has 0 nitrogen and oxygen atoms in total. The van der Waals surface area contributed by atoms with Crippen molar-refractivity contribution in [2.45, 2.75) is 110 Å². The molecule has 0 saturated heterocycles. The fourth-order valence-electron chi connectivity index (χ4n) is 4.60. The summed E-state index contributed by atoms with van der Waals surface area (Å²) in [4.78, 5) is 0. The molecule has 0 spiro atoms. The lowest BCUT2D eigenvalue weighted by atomic mass is 9.93. The zero-order valence-electron chi connectivity index (χ0n) is 16.4. The Morgan fingerprint density at radius 3 is 1.79 bits per heavy atom. The van der Waals surface area contributed by atoms with E-state index in [2.05, 4.69) is 31.2 Å². The summed E-state index contributed by atoms with van der Waals surface area (Å²) in [5.74, 6) is 2.68. The van der Waals surface area contributed by atoms with E-state index in [0.29, 0.717) is 0 Å². The number of hydrogen-bond acceptors (Lipinski definition) is 0. The van der Waals surface area contributed by atoms with Crippen molar-refractivity contribution in [3.05, 3.63) is 24.3 Å². The summed E-state index contributed by atoms with van der Waals surface area (Å²) in [5.41, 5.74) is 0. The van der Waals surface area contributed by atoms with Gasteiger partial charge in [0.25, 0.3) is 0 Å². The van der Waals surface area contributed by atoms with E-state index in [1.54, 1.807) is 0 Å². The van der Waals surface area contributed by atoms with Crippen molar-refractivity contribution in [2.24, 2.45) is 17.8 Å². The van der Waals surface area contributed by atoms with E-state index in [0.717, 1.165) is 17.8 Å². The quantitative estimate of drug-likeness (QED) is 0.209. The molecule has 0 aromatic carbocycles. The molecule has 0 N–H and O–H groups in total. The topological polar surface area (TPSA) is 0 Å². The van der Waals surface area contributed by atoms with Gasteiger partial charge in [0.05, 0.1) is 0 Å². The monoisotopic (exact) mass is 330 g/mol. The second-order valence-corrected chi connectivity index (χ2v) is 8.40. The first-order chi connectivity index (χ1) is 11.9. The first-order valence-corrected chi connectivity index (χ1v) is 11.2. The number of allylic oxidation sites excluding steroid dienone is 4. The van der Waals surface area contributed by atoms with Crippen molar-refractivity contribution >= 4 is 0 Å². The fourth-order valence-corrected chi connectivity index (χ4v) is 4.60. The Bertz CT molecular complexity index is 351. The molecule has 0 aromatic rings. The van der Waals surface area contributed by atoms with Crippen LogP contribution in [0.5, 0.6) is 0 Å². The molecule has 138 valence electrons. The smallest absolute Gasteiger partial charge is 0.0165 e. The zero-order chi connectivity index (χ0) is 16.9. The highest BCUT2D eigenvalue weighted by molar-refractivity contribution is 5.14. The summed E-state index contributed by atoms with van der Waals surface area (Å²) in [6, 6.07) is 0. The predicted molar refractivity (Wildman–Crippen MR) is 108 cm³/mol. The fraction of sp³-hybridized carbons (Fsp3) is 0.833. The SMILES string of the molecule is CCCCCCCCCCCCCCCC=CC1CC2C=CC1C2. The third kappa shape index (κ3) is 8.04. The van der Waals surface area contributed by atoms with Gasteiger partial charge in [-0.3, -0.25) is 0 Å². The summed E-state index contributed by atoms with van der Waals surface area (Å²) in [6.07, 6.45) is 33.0. The highest BCUT2D eigenvalue weighted by Gasteiger charge is 2.33. The highest BCUT2D eigenvalue weighted by atomic mass is 14.4. The van der Waals surface area contributed by atoms with Crippen molar-refractivity contribution in [2.75, 3.05) is 0 Å². The van der Waals surface area contributed by atoms with Gasteiger partial charge in [0, 0.05) is 0 Å².